The Balaban J connectivity index is -0.0000000300. The monoisotopic (exact) mass is 270 g/mol. The maximum atomic E-state index is 8.52. The molecular formula is CuMnO6Si2. The second-order valence-corrected chi connectivity index (χ2v) is 1.50. The minimum absolute atomic E-state index is 0. The van der Waals surface area contributed by atoms with Gasteiger partial charge in [0.15, 0.2) is 0 Å². The van der Waals surface area contributed by atoms with Crippen molar-refractivity contribution in [3.8, 4) is 0 Å². The van der Waals surface area contributed by atoms with Gasteiger partial charge < -0.3 is 28.1 Å². The molecule has 0 saturated carbocycles. The fourth-order valence-corrected chi connectivity index (χ4v) is 0. The van der Waals surface area contributed by atoms with Crippen molar-refractivity contribution in [2.45, 2.75) is 0 Å². The largest absolute Gasteiger partial charge is 2.00 e. The van der Waals surface area contributed by atoms with Crippen LogP contribution in [0.15, 0.2) is 0 Å². The summed E-state index contributed by atoms with van der Waals surface area (Å²) < 4.78 is 17.0. The molecule has 0 amide bonds. The average Bonchev–Trinajstić information content (AvgIpc) is 1.25. The van der Waals surface area contributed by atoms with Crippen molar-refractivity contribution in [2.75, 3.05) is 0 Å². The maximum Gasteiger partial charge on any atom is 2.00 e. The zero-order valence-electron chi connectivity index (χ0n) is 4.13. The number of hydrogen-bond donors (Lipinski definition) is 0. The molecular weight excluding hydrogens is 271 g/mol. The quantitative estimate of drug-likeness (QED) is 0.404. The van der Waals surface area contributed by atoms with Crippen molar-refractivity contribution >= 4 is 18.3 Å². The topological polar surface area (TPSA) is 126 Å². The molecule has 10 heteroatoms. The van der Waals surface area contributed by atoms with Gasteiger partial charge in [0.05, 0.1) is 0 Å². The minimum Gasteiger partial charge on any atom is -0.672 e. The first-order chi connectivity index (χ1) is 3.46. The molecule has 0 aliphatic heterocycles. The van der Waals surface area contributed by atoms with Crippen LogP contribution in [-0.2, 0) is 43.1 Å². The zero-order valence-corrected chi connectivity index (χ0v) is 8.25. The number of hydrogen-bond acceptors (Lipinski definition) is 6. The van der Waals surface area contributed by atoms with Crippen LogP contribution < -0.4 is 19.2 Å². The fourth-order valence-electron chi connectivity index (χ4n) is 0. The molecule has 0 aromatic carbocycles. The van der Waals surface area contributed by atoms with E-state index in [0.717, 1.165) is 0 Å². The van der Waals surface area contributed by atoms with Crippen LogP contribution in [0.4, 0.5) is 0 Å². The van der Waals surface area contributed by atoms with Crippen molar-refractivity contribution in [1.29, 1.82) is 0 Å². The Kier molecular flexibility index (Phi) is 36.2. The molecule has 0 N–H and O–H groups in total. The molecule has 0 spiro atoms. The van der Waals surface area contributed by atoms with Gasteiger partial charge in [0.2, 0.25) is 0 Å². The van der Waals surface area contributed by atoms with E-state index < -0.39 is 18.3 Å². The maximum absolute atomic E-state index is 8.52. The van der Waals surface area contributed by atoms with Crippen LogP contribution in [-0.4, -0.2) is 18.3 Å². The molecule has 0 aliphatic carbocycles. The number of rotatable bonds is 0. The molecule has 0 fully saturated rings. The van der Waals surface area contributed by atoms with Crippen molar-refractivity contribution < 1.29 is 62.2 Å². The van der Waals surface area contributed by atoms with Crippen LogP contribution in [0.1, 0.15) is 0 Å². The molecule has 0 bridgehead atoms. The van der Waals surface area contributed by atoms with E-state index in [1.165, 1.54) is 0 Å². The van der Waals surface area contributed by atoms with Gasteiger partial charge in [-0.1, -0.05) is 0 Å². The Bertz CT molecular complexity index is 73.7. The molecule has 2 radical (unpaired) electrons. The molecule has 0 atom stereocenters. The summed E-state index contributed by atoms with van der Waals surface area (Å²) >= 11 is 0. The molecule has 0 saturated heterocycles. The second-order valence-electron chi connectivity index (χ2n) is 0.500. The fraction of sp³-hybridized carbons (Fsp3) is 0. The Morgan fingerprint density at radius 1 is 0.800 bits per heavy atom. The van der Waals surface area contributed by atoms with Gasteiger partial charge in [0.25, 0.3) is 0 Å². The summed E-state index contributed by atoms with van der Waals surface area (Å²) in [6, 6.07) is 0. The molecule has 0 aromatic heterocycles. The van der Waals surface area contributed by atoms with E-state index in [1.54, 1.807) is 0 Å². The minimum atomic E-state index is -3.63. The first kappa shape index (κ1) is 22.4. The van der Waals surface area contributed by atoms with Gasteiger partial charge in [-0.15, -0.1) is 0 Å². The van der Waals surface area contributed by atoms with Gasteiger partial charge in [-0.2, -0.15) is 0 Å². The van der Waals surface area contributed by atoms with E-state index in [0.29, 0.717) is 0 Å². The first-order valence-electron chi connectivity index (χ1n) is 1.22. The third-order valence-corrected chi connectivity index (χ3v) is 0. The van der Waals surface area contributed by atoms with Gasteiger partial charge in [0.1, 0.15) is 0 Å². The molecule has 0 unspecified atom stereocenters. The summed E-state index contributed by atoms with van der Waals surface area (Å²) in [5.41, 5.74) is 0. The Morgan fingerprint density at radius 2 is 0.800 bits per heavy atom. The molecule has 0 aliphatic rings. The van der Waals surface area contributed by atoms with E-state index in [-0.39, 0.29) is 34.1 Å². The van der Waals surface area contributed by atoms with Crippen molar-refractivity contribution in [1.82, 2.24) is 0 Å². The van der Waals surface area contributed by atoms with E-state index in [9.17, 15) is 0 Å². The van der Waals surface area contributed by atoms with Crippen LogP contribution in [0.25, 0.3) is 0 Å². The molecule has 10 heavy (non-hydrogen) atoms. The summed E-state index contributed by atoms with van der Waals surface area (Å²) in [5, 5.41) is 0. The molecule has 0 rings (SSSR count). The van der Waals surface area contributed by atoms with E-state index in [1.807, 2.05) is 0 Å². The average molecular weight is 271 g/mol. The molecule has 62 valence electrons. The van der Waals surface area contributed by atoms with E-state index >= 15 is 0 Å². The van der Waals surface area contributed by atoms with Gasteiger partial charge >= 0.3 is 34.1 Å². The van der Waals surface area contributed by atoms with E-state index in [2.05, 4.69) is 0 Å². The van der Waals surface area contributed by atoms with Gasteiger partial charge in [-0.25, -0.2) is 0 Å². The van der Waals surface area contributed by atoms with E-state index in [4.69, 9.17) is 28.1 Å². The SMILES string of the molecule is O=[Si]([O-])[O-].O=[Si]([O-])[O-].[Cu+2].[Mn+2]. The van der Waals surface area contributed by atoms with Crippen LogP contribution in [0.2, 0.25) is 0 Å². The smallest absolute Gasteiger partial charge is 0.672 e. The molecule has 0 aromatic rings. The van der Waals surface area contributed by atoms with Crippen molar-refractivity contribution in [3.05, 3.63) is 0 Å². The normalized spacial score (nSPS) is 4.80. The van der Waals surface area contributed by atoms with Crippen LogP contribution in [0, 0.1) is 0 Å². The third kappa shape index (κ3) is 5880. The third-order valence-electron chi connectivity index (χ3n) is 0. The molecule has 6 nitrogen and oxygen atoms in total. The second kappa shape index (κ2) is 16.1. The van der Waals surface area contributed by atoms with Crippen molar-refractivity contribution in [2.24, 2.45) is 0 Å². The van der Waals surface area contributed by atoms with Crippen LogP contribution >= 0.6 is 0 Å². The molecule has 0 heterocycles. The summed E-state index contributed by atoms with van der Waals surface area (Å²) in [4.78, 5) is 34.1. The summed E-state index contributed by atoms with van der Waals surface area (Å²) in [5.74, 6) is 0. The van der Waals surface area contributed by atoms with Gasteiger partial charge in [-0.05, 0) is 0 Å². The Labute approximate surface area is 80.7 Å². The van der Waals surface area contributed by atoms with Crippen molar-refractivity contribution in [3.63, 3.8) is 0 Å². The Hall–Kier alpha value is 0.273. The predicted octanol–water partition coefficient (Wildman–Crippen LogP) is -5.76. The zero-order chi connectivity index (χ0) is 7.15. The van der Waals surface area contributed by atoms with Gasteiger partial charge in [-0.3, -0.25) is 0 Å². The first-order valence-corrected chi connectivity index (χ1v) is 3.67. The van der Waals surface area contributed by atoms with Gasteiger partial charge in [0, 0.05) is 18.3 Å². The summed E-state index contributed by atoms with van der Waals surface area (Å²) in [6.45, 7) is 0. The van der Waals surface area contributed by atoms with Crippen LogP contribution in [0.5, 0.6) is 0 Å². The summed E-state index contributed by atoms with van der Waals surface area (Å²) in [6.07, 6.45) is 0. The predicted molar refractivity (Wildman–Crippen MR) is 12.9 cm³/mol. The van der Waals surface area contributed by atoms with Crippen LogP contribution in [0.3, 0.4) is 0 Å². The summed E-state index contributed by atoms with van der Waals surface area (Å²) in [7, 11) is -7.26. The standard InChI is InChI=1S/Cu.Mn.2O3Si/c;;2*1-4(2)3/q2*+2;2*-2. The Morgan fingerprint density at radius 3 is 0.800 bits per heavy atom.